The van der Waals surface area contributed by atoms with Crippen LogP contribution in [0.1, 0.15) is 31.9 Å². The lowest BCUT2D eigenvalue weighted by Crippen LogP contribution is -2.56. The lowest BCUT2D eigenvalue weighted by atomic mass is 10.0. The fourth-order valence-electron chi connectivity index (χ4n) is 4.06. The predicted octanol–water partition coefficient (Wildman–Crippen LogP) is 4.80. The van der Waals surface area contributed by atoms with Crippen LogP contribution in [0.15, 0.2) is 78.9 Å². The summed E-state index contributed by atoms with van der Waals surface area (Å²) in [5, 5.41) is 3.22. The van der Waals surface area contributed by atoms with Gasteiger partial charge in [0, 0.05) is 29.1 Å². The van der Waals surface area contributed by atoms with Gasteiger partial charge in [0.05, 0.1) is 11.9 Å². The zero-order valence-electron chi connectivity index (χ0n) is 22.4. The number of anilines is 1. The van der Waals surface area contributed by atoms with E-state index in [0.717, 1.165) is 16.1 Å². The van der Waals surface area contributed by atoms with Crippen molar-refractivity contribution in [2.45, 2.75) is 45.3 Å². The van der Waals surface area contributed by atoms with Gasteiger partial charge in [-0.25, -0.2) is 12.8 Å². The van der Waals surface area contributed by atoms with Gasteiger partial charge in [-0.1, -0.05) is 66.2 Å². The van der Waals surface area contributed by atoms with Gasteiger partial charge in [0.25, 0.3) is 0 Å². The first-order chi connectivity index (χ1) is 18.2. The van der Waals surface area contributed by atoms with E-state index in [1.165, 1.54) is 35.2 Å². The van der Waals surface area contributed by atoms with Crippen LogP contribution in [-0.2, 0) is 32.6 Å². The Morgan fingerprint density at radius 2 is 1.62 bits per heavy atom. The van der Waals surface area contributed by atoms with Crippen LogP contribution in [0.3, 0.4) is 0 Å². The molecular formula is C29H33ClFN3O4S. The molecule has 3 aromatic carbocycles. The van der Waals surface area contributed by atoms with Gasteiger partial charge < -0.3 is 10.2 Å². The summed E-state index contributed by atoms with van der Waals surface area (Å²) in [5.41, 5.74) is 0.565. The Bertz CT molecular complexity index is 1410. The van der Waals surface area contributed by atoms with Gasteiger partial charge in [-0.2, -0.15) is 0 Å². The van der Waals surface area contributed by atoms with E-state index >= 15 is 0 Å². The summed E-state index contributed by atoms with van der Waals surface area (Å²) in [7, 11) is -3.93. The molecule has 10 heteroatoms. The summed E-state index contributed by atoms with van der Waals surface area (Å²) in [6.45, 7) is 4.60. The van der Waals surface area contributed by atoms with Crippen LogP contribution in [0.25, 0.3) is 0 Å². The van der Waals surface area contributed by atoms with Crippen molar-refractivity contribution in [3.8, 4) is 0 Å². The maximum atomic E-state index is 14.8. The standard InChI is InChI=1S/C29H33ClFN3O4S/c1-29(2,3)32-28(36)26(17-21-11-6-5-7-12-21)33(19-22-13-8-9-16-25(22)31)27(35)20-34(39(4,37)38)24-15-10-14-23(30)18-24/h5-16,18,26H,17,19-20H2,1-4H3,(H,32,36). The van der Waals surface area contributed by atoms with Crippen molar-refractivity contribution in [3.63, 3.8) is 0 Å². The molecule has 0 saturated carbocycles. The van der Waals surface area contributed by atoms with Gasteiger partial charge in [-0.3, -0.25) is 13.9 Å². The zero-order valence-corrected chi connectivity index (χ0v) is 24.0. The number of hydrogen-bond acceptors (Lipinski definition) is 4. The SMILES string of the molecule is CC(C)(C)NC(=O)C(Cc1ccccc1)N(Cc1ccccc1F)C(=O)CN(c1cccc(Cl)c1)S(C)(=O)=O. The molecule has 7 nitrogen and oxygen atoms in total. The number of hydrogen-bond donors (Lipinski definition) is 1. The molecule has 3 rings (SSSR count). The average molecular weight is 574 g/mol. The molecule has 1 unspecified atom stereocenters. The van der Waals surface area contributed by atoms with Crippen molar-refractivity contribution in [3.05, 3.63) is 101 Å². The monoisotopic (exact) mass is 573 g/mol. The first-order valence-corrected chi connectivity index (χ1v) is 14.6. The molecule has 208 valence electrons. The number of nitrogens with zero attached hydrogens (tertiary/aromatic N) is 2. The molecule has 0 aliphatic heterocycles. The highest BCUT2D eigenvalue weighted by Gasteiger charge is 2.34. The Hall–Kier alpha value is -3.43. The van der Waals surface area contributed by atoms with Crippen LogP contribution < -0.4 is 9.62 Å². The zero-order chi connectivity index (χ0) is 28.8. The Labute approximate surface area is 234 Å². The van der Waals surface area contributed by atoms with E-state index in [4.69, 9.17) is 11.6 Å². The molecule has 0 aromatic heterocycles. The van der Waals surface area contributed by atoms with Crippen LogP contribution in [0.4, 0.5) is 10.1 Å². The minimum absolute atomic E-state index is 0.138. The number of nitrogens with one attached hydrogen (secondary N) is 1. The van der Waals surface area contributed by atoms with Crippen molar-refractivity contribution < 1.29 is 22.4 Å². The third-order valence-electron chi connectivity index (χ3n) is 5.84. The minimum atomic E-state index is -3.93. The van der Waals surface area contributed by atoms with E-state index in [1.54, 1.807) is 18.2 Å². The molecule has 39 heavy (non-hydrogen) atoms. The van der Waals surface area contributed by atoms with Crippen LogP contribution in [0.5, 0.6) is 0 Å². The predicted molar refractivity (Wildman–Crippen MR) is 152 cm³/mol. The summed E-state index contributed by atoms with van der Waals surface area (Å²) < 4.78 is 41.2. The van der Waals surface area contributed by atoms with Gasteiger partial charge in [0.1, 0.15) is 18.4 Å². The molecule has 0 saturated heterocycles. The summed E-state index contributed by atoms with van der Waals surface area (Å²) >= 11 is 6.10. The number of amides is 2. The smallest absolute Gasteiger partial charge is 0.244 e. The summed E-state index contributed by atoms with van der Waals surface area (Å²) in [6, 6.07) is 20.2. The normalized spacial score (nSPS) is 12.5. The van der Waals surface area contributed by atoms with Crippen molar-refractivity contribution in [2.24, 2.45) is 0 Å². The van der Waals surface area contributed by atoms with Crippen molar-refractivity contribution in [1.29, 1.82) is 0 Å². The first-order valence-electron chi connectivity index (χ1n) is 12.4. The minimum Gasteiger partial charge on any atom is -0.350 e. The molecule has 0 bridgehead atoms. The molecule has 1 atom stereocenters. The van der Waals surface area contributed by atoms with Crippen LogP contribution in [0, 0.1) is 5.82 Å². The molecule has 1 N–H and O–H groups in total. The van der Waals surface area contributed by atoms with Gasteiger partial charge in [0.2, 0.25) is 21.8 Å². The lowest BCUT2D eigenvalue weighted by Gasteiger charge is -2.35. The molecule has 0 aliphatic carbocycles. The fourth-order valence-corrected chi connectivity index (χ4v) is 5.09. The highest BCUT2D eigenvalue weighted by atomic mass is 35.5. The van der Waals surface area contributed by atoms with Crippen LogP contribution >= 0.6 is 11.6 Å². The number of carbonyl (C=O) groups excluding carboxylic acids is 2. The Morgan fingerprint density at radius 3 is 2.21 bits per heavy atom. The van der Waals surface area contributed by atoms with Crippen molar-refractivity contribution in [1.82, 2.24) is 10.2 Å². The Balaban J connectivity index is 2.09. The topological polar surface area (TPSA) is 86.8 Å². The molecule has 3 aromatic rings. The second kappa shape index (κ2) is 12.6. The van der Waals surface area contributed by atoms with Crippen molar-refractivity contribution >= 4 is 39.1 Å². The second-order valence-electron chi connectivity index (χ2n) is 10.3. The first kappa shape index (κ1) is 30.1. The van der Waals surface area contributed by atoms with E-state index in [0.29, 0.717) is 5.02 Å². The third-order valence-corrected chi connectivity index (χ3v) is 7.22. The number of halogens is 2. The molecule has 0 radical (unpaired) electrons. The summed E-state index contributed by atoms with van der Waals surface area (Å²) in [6.07, 6.45) is 1.12. The van der Waals surface area contributed by atoms with Crippen LogP contribution in [0.2, 0.25) is 5.02 Å². The van der Waals surface area contributed by atoms with Gasteiger partial charge >= 0.3 is 0 Å². The largest absolute Gasteiger partial charge is 0.350 e. The van der Waals surface area contributed by atoms with Gasteiger partial charge in [-0.15, -0.1) is 0 Å². The molecule has 2 amide bonds. The van der Waals surface area contributed by atoms with E-state index in [-0.39, 0.29) is 24.2 Å². The Morgan fingerprint density at radius 1 is 0.974 bits per heavy atom. The number of benzene rings is 3. The maximum absolute atomic E-state index is 14.8. The fraction of sp³-hybridized carbons (Fsp3) is 0.310. The lowest BCUT2D eigenvalue weighted by molar-refractivity contribution is -0.140. The molecule has 0 fully saturated rings. The van der Waals surface area contributed by atoms with Crippen molar-refractivity contribution in [2.75, 3.05) is 17.1 Å². The van der Waals surface area contributed by atoms with Gasteiger partial charge in [-0.05, 0) is 50.6 Å². The molecule has 0 heterocycles. The molecular weight excluding hydrogens is 541 g/mol. The van der Waals surface area contributed by atoms with E-state index in [2.05, 4.69) is 5.32 Å². The number of sulfonamides is 1. The van der Waals surface area contributed by atoms with Crippen LogP contribution in [-0.4, -0.2) is 49.5 Å². The summed E-state index contributed by atoms with van der Waals surface area (Å²) in [5.74, 6) is -1.65. The maximum Gasteiger partial charge on any atom is 0.244 e. The second-order valence-corrected chi connectivity index (χ2v) is 12.7. The molecule has 0 aliphatic rings. The summed E-state index contributed by atoms with van der Waals surface area (Å²) in [4.78, 5) is 28.8. The highest BCUT2D eigenvalue weighted by molar-refractivity contribution is 7.92. The highest BCUT2D eigenvalue weighted by Crippen LogP contribution is 2.24. The van der Waals surface area contributed by atoms with E-state index in [1.807, 2.05) is 51.1 Å². The number of rotatable bonds is 10. The number of carbonyl (C=O) groups is 2. The van der Waals surface area contributed by atoms with E-state index < -0.39 is 45.8 Å². The van der Waals surface area contributed by atoms with E-state index in [9.17, 15) is 22.4 Å². The average Bonchev–Trinajstić information content (AvgIpc) is 2.84. The molecule has 0 spiro atoms. The third kappa shape index (κ3) is 8.80. The Kier molecular flexibility index (Phi) is 9.74. The van der Waals surface area contributed by atoms with Gasteiger partial charge in [0.15, 0.2) is 0 Å². The quantitative estimate of drug-likeness (QED) is 0.377.